The highest BCUT2D eigenvalue weighted by atomic mass is 16.1. The van der Waals surface area contributed by atoms with Crippen LogP contribution in [0.25, 0.3) is 0 Å². The van der Waals surface area contributed by atoms with Gasteiger partial charge in [0.1, 0.15) is 11.5 Å². The number of hydrogen-bond donors (Lipinski definition) is 2. The Bertz CT molecular complexity index is 1340. The van der Waals surface area contributed by atoms with Crippen molar-refractivity contribution in [1.29, 1.82) is 0 Å². The zero-order valence-corrected chi connectivity index (χ0v) is 18.5. The first-order chi connectivity index (χ1) is 16.0. The van der Waals surface area contributed by atoms with E-state index in [4.69, 9.17) is 5.73 Å². The van der Waals surface area contributed by atoms with Crippen LogP contribution < -0.4 is 11.1 Å². The van der Waals surface area contributed by atoms with Gasteiger partial charge < -0.3 is 15.6 Å². The quantitative estimate of drug-likeness (QED) is 0.436. The number of imidazole rings is 1. The molecule has 1 aromatic carbocycles. The average molecular weight is 441 g/mol. The number of rotatable bonds is 5. The first-order valence-corrected chi connectivity index (χ1v) is 10.7. The van der Waals surface area contributed by atoms with Crippen LogP contribution in [0, 0.1) is 13.8 Å². The summed E-state index contributed by atoms with van der Waals surface area (Å²) in [6.45, 7) is 5.49. The third kappa shape index (κ3) is 4.25. The lowest BCUT2D eigenvalue weighted by molar-refractivity contribution is 0.0946. The number of nitrogens with zero attached hydrogens (tertiary/aromatic N) is 6. The summed E-state index contributed by atoms with van der Waals surface area (Å²) in [6.07, 6.45) is 7.18. The largest absolute Gasteiger partial charge is 0.384 e. The van der Waals surface area contributed by atoms with Gasteiger partial charge in [0.2, 0.25) is 0 Å². The van der Waals surface area contributed by atoms with Crippen molar-refractivity contribution in [2.45, 2.75) is 33.5 Å². The number of carbonyl (C=O) groups excluding carboxylic acids is 1. The number of nitrogen functional groups attached to an aromatic ring is 1. The molecule has 9 heteroatoms. The number of benzene rings is 1. The summed E-state index contributed by atoms with van der Waals surface area (Å²) in [5.74, 6) is 0.881. The molecule has 0 bridgehead atoms. The molecule has 3 aromatic heterocycles. The topological polar surface area (TPSA) is 116 Å². The molecule has 5 rings (SSSR count). The van der Waals surface area contributed by atoms with E-state index in [9.17, 15) is 4.79 Å². The van der Waals surface area contributed by atoms with Crippen LogP contribution >= 0.6 is 0 Å². The first-order valence-electron chi connectivity index (χ1n) is 10.7. The van der Waals surface area contributed by atoms with E-state index in [2.05, 4.69) is 43.6 Å². The fourth-order valence-corrected chi connectivity index (χ4v) is 4.04. The fraction of sp³-hybridized carbons (Fsp3) is 0.208. The number of carbonyl (C=O) groups is 1. The Balaban J connectivity index is 1.31. The molecule has 0 unspecified atom stereocenters. The lowest BCUT2D eigenvalue weighted by atomic mass is 10.1. The molecule has 4 heterocycles. The minimum Gasteiger partial charge on any atom is -0.384 e. The Kier molecular flexibility index (Phi) is 5.21. The summed E-state index contributed by atoms with van der Waals surface area (Å²) in [4.78, 5) is 26.2. The van der Waals surface area contributed by atoms with E-state index in [1.54, 1.807) is 18.6 Å². The van der Waals surface area contributed by atoms with E-state index in [1.165, 1.54) is 0 Å². The normalized spacial score (nSPS) is 12.2. The lowest BCUT2D eigenvalue weighted by Crippen LogP contribution is -2.24. The molecule has 33 heavy (non-hydrogen) atoms. The van der Waals surface area contributed by atoms with Crippen molar-refractivity contribution < 1.29 is 4.79 Å². The van der Waals surface area contributed by atoms with Crippen molar-refractivity contribution in [2.75, 3.05) is 5.73 Å². The van der Waals surface area contributed by atoms with Crippen LogP contribution in [0.5, 0.6) is 0 Å². The lowest BCUT2D eigenvalue weighted by Gasteiger charge is -2.11. The molecule has 0 fully saturated rings. The maximum atomic E-state index is 12.8. The van der Waals surface area contributed by atoms with Gasteiger partial charge in [-0.1, -0.05) is 12.1 Å². The van der Waals surface area contributed by atoms with Crippen LogP contribution in [0.3, 0.4) is 0 Å². The second-order valence-corrected chi connectivity index (χ2v) is 8.15. The molecule has 1 aliphatic heterocycles. The van der Waals surface area contributed by atoms with Crippen molar-refractivity contribution in [3.05, 3.63) is 88.4 Å². The Morgan fingerprint density at radius 3 is 2.88 bits per heavy atom. The van der Waals surface area contributed by atoms with Gasteiger partial charge in [-0.15, -0.1) is 0 Å². The van der Waals surface area contributed by atoms with E-state index in [-0.39, 0.29) is 5.91 Å². The average Bonchev–Trinajstić information content (AvgIpc) is 3.39. The summed E-state index contributed by atoms with van der Waals surface area (Å²) in [5, 5.41) is 7.20. The van der Waals surface area contributed by atoms with Crippen molar-refractivity contribution in [1.82, 2.24) is 29.6 Å². The number of anilines is 1. The SMILES string of the molecule is Cc1cc(N)nc(C)c1CNC(=O)c1cn2c(n1)C=Nc1cc(Cn3cccn3)ccc1C2. The standard InChI is InChI=1S/C24H24N8O/c1-15-8-22(25)29-16(2)19(15)10-27-24(33)21-14-31-13-18-5-4-17(12-32-7-3-6-28-32)9-20(18)26-11-23(31)30-21/h3-9,11,14H,10,12-13H2,1-2H3,(H2,25,29)(H,27,33). The van der Waals surface area contributed by atoms with Gasteiger partial charge in [-0.2, -0.15) is 5.10 Å². The van der Waals surface area contributed by atoms with Gasteiger partial charge in [-0.05, 0) is 54.3 Å². The van der Waals surface area contributed by atoms with Crippen LogP contribution in [0.15, 0.2) is 53.9 Å². The van der Waals surface area contributed by atoms with Gasteiger partial charge in [0.25, 0.3) is 5.91 Å². The number of aliphatic imine (C=N–C) groups is 1. The molecule has 166 valence electrons. The predicted molar refractivity (Wildman–Crippen MR) is 126 cm³/mol. The predicted octanol–water partition coefficient (Wildman–Crippen LogP) is 2.76. The summed E-state index contributed by atoms with van der Waals surface area (Å²) < 4.78 is 3.82. The number of nitrogens with two attached hydrogens (primary N) is 1. The second kappa shape index (κ2) is 8.34. The van der Waals surface area contributed by atoms with Gasteiger partial charge in [0.05, 0.1) is 25.0 Å². The van der Waals surface area contributed by atoms with Crippen molar-refractivity contribution >= 4 is 23.6 Å². The molecule has 0 radical (unpaired) electrons. The molecule has 0 spiro atoms. The molecule has 9 nitrogen and oxygen atoms in total. The van der Waals surface area contributed by atoms with Gasteiger partial charge in [-0.25, -0.2) is 9.97 Å². The molecule has 0 atom stereocenters. The van der Waals surface area contributed by atoms with Gasteiger partial charge in [0.15, 0.2) is 5.82 Å². The number of pyridine rings is 1. The summed E-state index contributed by atoms with van der Waals surface area (Å²) in [5.41, 5.74) is 12.0. The second-order valence-electron chi connectivity index (χ2n) is 8.15. The number of aromatic nitrogens is 5. The van der Waals surface area contributed by atoms with E-state index >= 15 is 0 Å². The fourth-order valence-electron chi connectivity index (χ4n) is 4.04. The zero-order valence-electron chi connectivity index (χ0n) is 18.5. The molecule has 1 amide bonds. The highest BCUT2D eigenvalue weighted by Gasteiger charge is 2.17. The molecular formula is C24H24N8O. The zero-order chi connectivity index (χ0) is 22.9. The molecular weight excluding hydrogens is 416 g/mol. The number of aryl methyl sites for hydroxylation is 2. The van der Waals surface area contributed by atoms with Crippen molar-refractivity contribution in [3.8, 4) is 0 Å². The minimum atomic E-state index is -0.241. The highest BCUT2D eigenvalue weighted by Crippen LogP contribution is 2.25. The summed E-state index contributed by atoms with van der Waals surface area (Å²) >= 11 is 0. The van der Waals surface area contributed by atoms with E-state index in [1.807, 2.05) is 41.4 Å². The maximum Gasteiger partial charge on any atom is 0.271 e. The Labute approximate surface area is 191 Å². The van der Waals surface area contributed by atoms with Gasteiger partial charge in [-0.3, -0.25) is 14.5 Å². The molecule has 0 saturated heterocycles. The van der Waals surface area contributed by atoms with E-state index in [0.29, 0.717) is 37.0 Å². The summed E-state index contributed by atoms with van der Waals surface area (Å²) in [6, 6.07) is 9.93. The van der Waals surface area contributed by atoms with Crippen LogP contribution in [0.4, 0.5) is 11.5 Å². The first kappa shape index (κ1) is 20.6. The number of nitrogens with one attached hydrogen (secondary N) is 1. The molecule has 4 aromatic rings. The Morgan fingerprint density at radius 1 is 1.21 bits per heavy atom. The Hall–Kier alpha value is -4.27. The van der Waals surface area contributed by atoms with Crippen LogP contribution in [-0.2, 0) is 19.6 Å². The summed E-state index contributed by atoms with van der Waals surface area (Å²) in [7, 11) is 0. The number of fused-ring (bicyclic) bond motifs is 2. The third-order valence-electron chi connectivity index (χ3n) is 5.75. The van der Waals surface area contributed by atoms with E-state index < -0.39 is 0 Å². The Morgan fingerprint density at radius 2 is 2.09 bits per heavy atom. The maximum absolute atomic E-state index is 12.8. The highest BCUT2D eigenvalue weighted by molar-refractivity contribution is 5.93. The molecule has 0 saturated carbocycles. The smallest absolute Gasteiger partial charge is 0.271 e. The molecule has 0 aliphatic carbocycles. The number of hydrogen-bond acceptors (Lipinski definition) is 6. The van der Waals surface area contributed by atoms with Gasteiger partial charge >= 0.3 is 0 Å². The molecule has 3 N–H and O–H groups in total. The van der Waals surface area contributed by atoms with Crippen LogP contribution in [0.1, 0.15) is 44.3 Å². The van der Waals surface area contributed by atoms with Crippen LogP contribution in [0.2, 0.25) is 0 Å². The minimum absolute atomic E-state index is 0.241. The third-order valence-corrected chi connectivity index (χ3v) is 5.75. The van der Waals surface area contributed by atoms with E-state index in [0.717, 1.165) is 33.6 Å². The monoisotopic (exact) mass is 440 g/mol. The number of amides is 1. The molecule has 1 aliphatic rings. The van der Waals surface area contributed by atoms with Crippen molar-refractivity contribution in [2.24, 2.45) is 4.99 Å². The van der Waals surface area contributed by atoms with Gasteiger partial charge in [0, 0.05) is 30.8 Å². The van der Waals surface area contributed by atoms with Crippen molar-refractivity contribution in [3.63, 3.8) is 0 Å². The van der Waals surface area contributed by atoms with Crippen LogP contribution in [-0.4, -0.2) is 36.4 Å².